The molecule has 3 heteroatoms. The van der Waals surface area contributed by atoms with E-state index in [9.17, 15) is 0 Å². The second kappa shape index (κ2) is 6.24. The van der Waals surface area contributed by atoms with Crippen LogP contribution in [0.1, 0.15) is 38.9 Å². The minimum Gasteiger partial charge on any atom is -0.369 e. The molecule has 0 aliphatic carbocycles. The van der Waals surface area contributed by atoms with Crippen LogP contribution in [0.3, 0.4) is 0 Å². The molecule has 2 N–H and O–H groups in total. The summed E-state index contributed by atoms with van der Waals surface area (Å²) in [6.45, 7) is 6.08. The molecule has 0 fully saturated rings. The lowest BCUT2D eigenvalue weighted by Crippen LogP contribution is -2.29. The topological polar surface area (TPSA) is 35.2 Å². The maximum atomic E-state index is 6.15. The van der Waals surface area contributed by atoms with Crippen LogP contribution in [0.15, 0.2) is 24.3 Å². The highest BCUT2D eigenvalue weighted by Crippen LogP contribution is 2.28. The van der Waals surface area contributed by atoms with Crippen LogP contribution in [0.4, 0.5) is 0 Å². The molecule has 1 aromatic rings. The molecule has 0 radical (unpaired) electrons. The number of nitrogens with two attached hydrogens (primary N) is 1. The molecule has 3 unspecified atom stereocenters. The van der Waals surface area contributed by atoms with Crippen LogP contribution in [-0.2, 0) is 4.74 Å². The Morgan fingerprint density at radius 3 is 2.44 bits per heavy atom. The normalized spacial score (nSPS) is 16.8. The minimum absolute atomic E-state index is 0.0751. The van der Waals surface area contributed by atoms with Gasteiger partial charge in [-0.25, -0.2) is 0 Å². The van der Waals surface area contributed by atoms with Gasteiger partial charge in [-0.05, 0) is 26.3 Å². The highest BCUT2D eigenvalue weighted by molar-refractivity contribution is 6.31. The summed E-state index contributed by atoms with van der Waals surface area (Å²) >= 11 is 6.15. The summed E-state index contributed by atoms with van der Waals surface area (Å²) in [6, 6.07) is 7.63. The number of benzene rings is 1. The predicted octanol–water partition coefficient (Wildman–Crippen LogP) is 3.54. The zero-order chi connectivity index (χ0) is 12.1. The fourth-order valence-corrected chi connectivity index (χ4v) is 1.78. The van der Waals surface area contributed by atoms with Gasteiger partial charge in [0.15, 0.2) is 0 Å². The van der Waals surface area contributed by atoms with Crippen LogP contribution >= 0.6 is 11.6 Å². The van der Waals surface area contributed by atoms with Gasteiger partial charge in [0.1, 0.15) is 0 Å². The third-order valence-electron chi connectivity index (χ3n) is 2.64. The number of hydrogen-bond acceptors (Lipinski definition) is 2. The van der Waals surface area contributed by atoms with Crippen molar-refractivity contribution in [3.05, 3.63) is 34.9 Å². The third kappa shape index (κ3) is 3.48. The zero-order valence-corrected chi connectivity index (χ0v) is 10.9. The van der Waals surface area contributed by atoms with Crippen molar-refractivity contribution in [1.29, 1.82) is 0 Å². The van der Waals surface area contributed by atoms with E-state index in [0.29, 0.717) is 5.02 Å². The van der Waals surface area contributed by atoms with Gasteiger partial charge in [-0.15, -0.1) is 0 Å². The van der Waals surface area contributed by atoms with E-state index in [1.165, 1.54) is 0 Å². The summed E-state index contributed by atoms with van der Waals surface area (Å²) < 4.78 is 5.92. The molecule has 90 valence electrons. The van der Waals surface area contributed by atoms with E-state index in [1.807, 2.05) is 38.1 Å². The molecule has 0 aliphatic rings. The summed E-state index contributed by atoms with van der Waals surface area (Å²) in [5.74, 6) is 0. The minimum atomic E-state index is -0.136. The lowest BCUT2D eigenvalue weighted by atomic mass is 10.0. The Kier molecular flexibility index (Phi) is 5.26. The Morgan fingerprint density at radius 1 is 1.31 bits per heavy atom. The van der Waals surface area contributed by atoms with Crippen molar-refractivity contribution >= 4 is 11.6 Å². The highest BCUT2D eigenvalue weighted by Gasteiger charge is 2.21. The molecule has 0 amide bonds. The van der Waals surface area contributed by atoms with E-state index >= 15 is 0 Å². The number of hydrogen-bond donors (Lipinski definition) is 1. The second-order valence-corrected chi connectivity index (χ2v) is 4.56. The van der Waals surface area contributed by atoms with Crippen LogP contribution in [-0.4, -0.2) is 12.1 Å². The molecular formula is C13H20ClNO. The van der Waals surface area contributed by atoms with Crippen molar-refractivity contribution in [1.82, 2.24) is 0 Å². The number of halogens is 1. The molecule has 2 nitrogen and oxygen atoms in total. The first kappa shape index (κ1) is 13.5. The third-order valence-corrected chi connectivity index (χ3v) is 2.99. The fraction of sp³-hybridized carbons (Fsp3) is 0.538. The summed E-state index contributed by atoms with van der Waals surface area (Å²) in [5, 5.41) is 0.716. The van der Waals surface area contributed by atoms with Gasteiger partial charge >= 0.3 is 0 Å². The molecule has 3 atom stereocenters. The van der Waals surface area contributed by atoms with Gasteiger partial charge in [-0.1, -0.05) is 36.7 Å². The van der Waals surface area contributed by atoms with Crippen LogP contribution in [0.5, 0.6) is 0 Å². The maximum Gasteiger partial charge on any atom is 0.0990 e. The first-order chi connectivity index (χ1) is 7.56. The largest absolute Gasteiger partial charge is 0.369 e. The highest BCUT2D eigenvalue weighted by atomic mass is 35.5. The van der Waals surface area contributed by atoms with Crippen molar-refractivity contribution in [3.63, 3.8) is 0 Å². The van der Waals surface area contributed by atoms with Crippen molar-refractivity contribution in [3.8, 4) is 0 Å². The van der Waals surface area contributed by atoms with Crippen LogP contribution < -0.4 is 5.73 Å². The van der Waals surface area contributed by atoms with E-state index in [2.05, 4.69) is 6.92 Å². The van der Waals surface area contributed by atoms with Gasteiger partial charge in [0.2, 0.25) is 0 Å². The Balaban J connectivity index is 2.90. The Morgan fingerprint density at radius 2 is 1.94 bits per heavy atom. The molecular weight excluding hydrogens is 222 g/mol. The Bertz CT molecular complexity index is 327. The molecule has 0 saturated carbocycles. The van der Waals surface area contributed by atoms with Gasteiger partial charge in [0.05, 0.1) is 12.2 Å². The molecule has 0 spiro atoms. The summed E-state index contributed by atoms with van der Waals surface area (Å²) in [5.41, 5.74) is 6.93. The standard InChI is InChI=1S/C13H20ClNO/c1-4-9(2)16-13(10(3)15)11-7-5-6-8-12(11)14/h5-10,13H,4,15H2,1-3H3. The van der Waals surface area contributed by atoms with Crippen LogP contribution in [0.2, 0.25) is 5.02 Å². The second-order valence-electron chi connectivity index (χ2n) is 4.16. The van der Waals surface area contributed by atoms with Crippen LogP contribution in [0.25, 0.3) is 0 Å². The SMILES string of the molecule is CCC(C)OC(c1ccccc1Cl)C(C)N. The van der Waals surface area contributed by atoms with E-state index in [-0.39, 0.29) is 18.2 Å². The van der Waals surface area contributed by atoms with Crippen molar-refractivity contribution in [2.75, 3.05) is 0 Å². The Labute approximate surface area is 103 Å². The lowest BCUT2D eigenvalue weighted by molar-refractivity contribution is -0.0161. The number of ether oxygens (including phenoxy) is 1. The maximum absolute atomic E-state index is 6.15. The first-order valence-electron chi connectivity index (χ1n) is 5.71. The number of rotatable bonds is 5. The van der Waals surface area contributed by atoms with Gasteiger partial charge in [-0.2, -0.15) is 0 Å². The molecule has 0 saturated heterocycles. The van der Waals surface area contributed by atoms with E-state index < -0.39 is 0 Å². The van der Waals surface area contributed by atoms with Gasteiger partial charge < -0.3 is 10.5 Å². The van der Waals surface area contributed by atoms with Crippen molar-refractivity contribution in [2.24, 2.45) is 5.73 Å². The van der Waals surface area contributed by atoms with E-state index in [1.54, 1.807) is 0 Å². The summed E-state index contributed by atoms with van der Waals surface area (Å²) in [6.07, 6.45) is 1.02. The average Bonchev–Trinajstić information content (AvgIpc) is 2.26. The smallest absolute Gasteiger partial charge is 0.0990 e. The summed E-state index contributed by atoms with van der Waals surface area (Å²) in [4.78, 5) is 0. The van der Waals surface area contributed by atoms with Gasteiger partial charge in [0.25, 0.3) is 0 Å². The first-order valence-corrected chi connectivity index (χ1v) is 6.09. The Hall–Kier alpha value is -0.570. The van der Waals surface area contributed by atoms with Crippen molar-refractivity contribution in [2.45, 2.75) is 45.4 Å². The molecule has 1 rings (SSSR count). The van der Waals surface area contributed by atoms with Gasteiger partial charge in [-0.3, -0.25) is 0 Å². The molecule has 0 aliphatic heterocycles. The summed E-state index contributed by atoms with van der Waals surface area (Å²) in [7, 11) is 0. The molecule has 0 heterocycles. The predicted molar refractivity (Wildman–Crippen MR) is 68.7 cm³/mol. The molecule has 0 aromatic heterocycles. The van der Waals surface area contributed by atoms with E-state index in [4.69, 9.17) is 22.1 Å². The van der Waals surface area contributed by atoms with Crippen molar-refractivity contribution < 1.29 is 4.74 Å². The molecule has 0 bridgehead atoms. The zero-order valence-electron chi connectivity index (χ0n) is 10.1. The van der Waals surface area contributed by atoms with Gasteiger partial charge in [0, 0.05) is 16.6 Å². The fourth-order valence-electron chi connectivity index (χ4n) is 1.53. The quantitative estimate of drug-likeness (QED) is 0.856. The lowest BCUT2D eigenvalue weighted by Gasteiger charge is -2.26. The molecule has 16 heavy (non-hydrogen) atoms. The van der Waals surface area contributed by atoms with Crippen LogP contribution in [0, 0.1) is 0 Å². The van der Waals surface area contributed by atoms with E-state index in [0.717, 1.165) is 12.0 Å². The molecule has 1 aromatic carbocycles. The monoisotopic (exact) mass is 241 g/mol. The average molecular weight is 242 g/mol.